The molecule has 0 aliphatic carbocycles. The van der Waals surface area contributed by atoms with Crippen molar-refractivity contribution in [1.29, 1.82) is 0 Å². The quantitative estimate of drug-likeness (QED) is 0.714. The number of aryl methyl sites for hydroxylation is 3. The van der Waals surface area contributed by atoms with E-state index in [2.05, 4.69) is 15.6 Å². The van der Waals surface area contributed by atoms with E-state index in [1.54, 1.807) is 6.26 Å². The number of halogens is 1. The number of rotatable bonds is 4. The maximum atomic E-state index is 6.36. The minimum Gasteiger partial charge on any atom is -0.464 e. The molecule has 0 amide bonds. The maximum Gasteiger partial charge on any atom is 0.133 e. The van der Waals surface area contributed by atoms with Gasteiger partial charge in [-0.25, -0.2) is 4.98 Å². The van der Waals surface area contributed by atoms with Crippen molar-refractivity contribution in [2.45, 2.75) is 19.9 Å². The summed E-state index contributed by atoms with van der Waals surface area (Å²) in [5, 5.41) is 0.775. The highest BCUT2D eigenvalue weighted by atomic mass is 35.5. The lowest BCUT2D eigenvalue weighted by Gasteiger charge is -2.08. The molecule has 20 heavy (non-hydrogen) atoms. The van der Waals surface area contributed by atoms with Gasteiger partial charge in [0.15, 0.2) is 0 Å². The molecular weight excluding hydrogens is 272 g/mol. The number of aromatic nitrogens is 2. The number of imidazole rings is 1. The van der Waals surface area contributed by atoms with Gasteiger partial charge in [0.05, 0.1) is 6.26 Å². The lowest BCUT2D eigenvalue weighted by Crippen LogP contribution is -2.02. The lowest BCUT2D eigenvalue weighted by atomic mass is 10.1. The fraction of sp³-hybridized carbons (Fsp3) is 0.188. The minimum absolute atomic E-state index is 0.775. The molecule has 2 heterocycles. The van der Waals surface area contributed by atoms with Crippen LogP contribution in [0.3, 0.4) is 0 Å². The third-order valence-electron chi connectivity index (χ3n) is 3.40. The summed E-state index contributed by atoms with van der Waals surface area (Å²) in [5.74, 6) is 1.86. The molecule has 0 atom stereocenters. The second-order valence-corrected chi connectivity index (χ2v) is 5.11. The normalized spacial score (nSPS) is 10.9. The second kappa shape index (κ2) is 5.55. The molecule has 0 radical (unpaired) electrons. The largest absolute Gasteiger partial charge is 0.464 e. The highest BCUT2D eigenvalue weighted by molar-refractivity contribution is 6.31. The van der Waals surface area contributed by atoms with Crippen molar-refractivity contribution in [3.8, 4) is 11.3 Å². The van der Waals surface area contributed by atoms with Crippen LogP contribution in [0, 0.1) is 6.92 Å². The maximum absolute atomic E-state index is 6.36. The Morgan fingerprint density at radius 1 is 1.30 bits per heavy atom. The van der Waals surface area contributed by atoms with Crippen LogP contribution in [0.5, 0.6) is 0 Å². The molecule has 0 bridgehead atoms. The molecule has 0 spiro atoms. The average molecular weight is 287 g/mol. The number of nitrogens with zero attached hydrogens (tertiary/aromatic N) is 2. The molecule has 3 aromatic rings. The molecule has 1 aromatic carbocycles. The van der Waals surface area contributed by atoms with E-state index in [-0.39, 0.29) is 0 Å². The first-order valence-corrected chi connectivity index (χ1v) is 6.92. The van der Waals surface area contributed by atoms with Gasteiger partial charge in [-0.3, -0.25) is 0 Å². The monoisotopic (exact) mass is 286 g/mol. The van der Waals surface area contributed by atoms with E-state index in [9.17, 15) is 0 Å². The van der Waals surface area contributed by atoms with E-state index in [0.29, 0.717) is 0 Å². The van der Waals surface area contributed by atoms with E-state index < -0.39 is 0 Å². The molecule has 0 unspecified atom stereocenters. The van der Waals surface area contributed by atoms with Crippen LogP contribution in [0.25, 0.3) is 11.3 Å². The molecule has 0 fully saturated rings. The molecule has 0 saturated carbocycles. The Hall–Kier alpha value is -2.00. The van der Waals surface area contributed by atoms with Crippen molar-refractivity contribution < 1.29 is 4.42 Å². The smallest absolute Gasteiger partial charge is 0.133 e. The van der Waals surface area contributed by atoms with Gasteiger partial charge >= 0.3 is 0 Å². The molecule has 3 nitrogen and oxygen atoms in total. The molecular formula is C16H15ClN2O. The lowest BCUT2D eigenvalue weighted by molar-refractivity contribution is 0.582. The van der Waals surface area contributed by atoms with E-state index in [0.717, 1.165) is 40.7 Å². The third kappa shape index (κ3) is 2.63. The highest BCUT2D eigenvalue weighted by Crippen LogP contribution is 2.26. The third-order valence-corrected chi connectivity index (χ3v) is 3.76. The summed E-state index contributed by atoms with van der Waals surface area (Å²) >= 11 is 6.36. The predicted octanol–water partition coefficient (Wildman–Crippen LogP) is 4.35. The van der Waals surface area contributed by atoms with Crippen LogP contribution in [0.15, 0.2) is 53.4 Å². The predicted molar refractivity (Wildman–Crippen MR) is 79.8 cm³/mol. The Balaban J connectivity index is 1.76. The number of hydrogen-bond acceptors (Lipinski definition) is 2. The summed E-state index contributed by atoms with van der Waals surface area (Å²) < 4.78 is 7.50. The fourth-order valence-corrected chi connectivity index (χ4v) is 2.50. The van der Waals surface area contributed by atoms with Gasteiger partial charge in [-0.1, -0.05) is 23.7 Å². The second-order valence-electron chi connectivity index (χ2n) is 4.70. The van der Waals surface area contributed by atoms with Gasteiger partial charge in [-0.05, 0) is 37.1 Å². The van der Waals surface area contributed by atoms with Crippen LogP contribution in [0.1, 0.15) is 11.4 Å². The molecule has 0 N–H and O–H groups in total. The van der Waals surface area contributed by atoms with Crippen molar-refractivity contribution in [2.24, 2.45) is 0 Å². The zero-order valence-corrected chi connectivity index (χ0v) is 12.0. The minimum atomic E-state index is 0.775. The average Bonchev–Trinajstić information content (AvgIpc) is 3.09. The summed E-state index contributed by atoms with van der Waals surface area (Å²) in [7, 11) is 0. The zero-order chi connectivity index (χ0) is 13.9. The summed E-state index contributed by atoms with van der Waals surface area (Å²) in [6, 6.07) is 9.86. The topological polar surface area (TPSA) is 31.0 Å². The van der Waals surface area contributed by atoms with Crippen LogP contribution in [0.4, 0.5) is 0 Å². The van der Waals surface area contributed by atoms with Crippen molar-refractivity contribution in [3.63, 3.8) is 0 Å². The molecule has 0 saturated heterocycles. The number of benzene rings is 1. The zero-order valence-electron chi connectivity index (χ0n) is 11.2. The first-order chi connectivity index (χ1) is 9.74. The van der Waals surface area contributed by atoms with Crippen LogP contribution in [-0.4, -0.2) is 9.55 Å². The van der Waals surface area contributed by atoms with E-state index in [1.807, 2.05) is 43.6 Å². The molecule has 4 heteroatoms. The first kappa shape index (κ1) is 13.0. The van der Waals surface area contributed by atoms with Crippen molar-refractivity contribution >= 4 is 11.6 Å². The highest BCUT2D eigenvalue weighted by Gasteiger charge is 2.06. The molecule has 0 aliphatic heterocycles. The van der Waals surface area contributed by atoms with Crippen LogP contribution >= 0.6 is 11.6 Å². The Kier molecular flexibility index (Phi) is 3.61. The fourth-order valence-electron chi connectivity index (χ4n) is 2.23. The molecule has 3 rings (SSSR count). The van der Waals surface area contributed by atoms with Crippen LogP contribution < -0.4 is 0 Å². The van der Waals surface area contributed by atoms with Crippen molar-refractivity contribution in [1.82, 2.24) is 9.55 Å². The molecule has 2 aromatic heterocycles. The van der Waals surface area contributed by atoms with Gasteiger partial charge < -0.3 is 8.98 Å². The number of hydrogen-bond donors (Lipinski definition) is 0. The Bertz CT molecular complexity index is 701. The van der Waals surface area contributed by atoms with Crippen molar-refractivity contribution in [2.75, 3.05) is 0 Å². The Labute approximate surface area is 122 Å². The number of furan rings is 1. The summed E-state index contributed by atoms with van der Waals surface area (Å²) in [6.45, 7) is 2.88. The standard InChI is InChI=1S/C16H15ClN2O/c1-12-18-7-9-19(12)8-6-13-4-5-14(11-15(13)17)16-3-2-10-20-16/h2-5,7,9-11H,6,8H2,1H3. The van der Waals surface area contributed by atoms with Gasteiger partial charge in [0.1, 0.15) is 11.6 Å². The summed E-state index contributed by atoms with van der Waals surface area (Å²) in [6.07, 6.45) is 6.35. The molecule has 0 aliphatic rings. The van der Waals surface area contributed by atoms with Gasteiger partial charge in [-0.15, -0.1) is 0 Å². The Morgan fingerprint density at radius 2 is 2.20 bits per heavy atom. The summed E-state index contributed by atoms with van der Waals surface area (Å²) in [4.78, 5) is 4.22. The first-order valence-electron chi connectivity index (χ1n) is 6.54. The van der Waals surface area contributed by atoms with E-state index in [1.165, 1.54) is 0 Å². The van der Waals surface area contributed by atoms with E-state index >= 15 is 0 Å². The van der Waals surface area contributed by atoms with Crippen molar-refractivity contribution in [3.05, 3.63) is 65.4 Å². The van der Waals surface area contributed by atoms with Gasteiger partial charge in [0.2, 0.25) is 0 Å². The van der Waals surface area contributed by atoms with Crippen LogP contribution in [0.2, 0.25) is 5.02 Å². The summed E-state index contributed by atoms with van der Waals surface area (Å²) in [5.41, 5.74) is 2.14. The van der Waals surface area contributed by atoms with Gasteiger partial charge in [-0.2, -0.15) is 0 Å². The van der Waals surface area contributed by atoms with Gasteiger partial charge in [0, 0.05) is 29.5 Å². The SMILES string of the molecule is Cc1nccn1CCc1ccc(-c2ccco2)cc1Cl. The Morgan fingerprint density at radius 3 is 2.85 bits per heavy atom. The van der Waals surface area contributed by atoms with E-state index in [4.69, 9.17) is 16.0 Å². The molecule has 102 valence electrons. The van der Waals surface area contributed by atoms with Gasteiger partial charge in [0.25, 0.3) is 0 Å². The van der Waals surface area contributed by atoms with Crippen LogP contribution in [-0.2, 0) is 13.0 Å².